The summed E-state index contributed by atoms with van der Waals surface area (Å²) < 4.78 is 5.33. The zero-order valence-electron chi connectivity index (χ0n) is 8.89. The van der Waals surface area contributed by atoms with Gasteiger partial charge in [-0.2, -0.15) is 0 Å². The molecule has 0 heterocycles. The fraction of sp³-hybridized carbons (Fsp3) is 0.455. The van der Waals surface area contributed by atoms with Gasteiger partial charge in [0.1, 0.15) is 5.76 Å². The standard InChI is InChI=1S/C11H18OS/c1-7-9(12-6)10(8-2)13-11(3,4)5/h7-8H,1-2H2,3-6H3. The van der Waals surface area contributed by atoms with Gasteiger partial charge in [0.2, 0.25) is 0 Å². The average molecular weight is 198 g/mol. The van der Waals surface area contributed by atoms with Gasteiger partial charge in [-0.15, -0.1) is 11.8 Å². The summed E-state index contributed by atoms with van der Waals surface area (Å²) in [6.45, 7) is 13.9. The second-order valence-electron chi connectivity index (χ2n) is 3.56. The normalized spacial score (nSPS) is 13.2. The Morgan fingerprint density at radius 3 is 2.00 bits per heavy atom. The van der Waals surface area contributed by atoms with Crippen molar-refractivity contribution in [3.8, 4) is 0 Å². The minimum absolute atomic E-state index is 0.163. The third-order valence-corrected chi connectivity index (χ3v) is 2.45. The van der Waals surface area contributed by atoms with Gasteiger partial charge in [-0.1, -0.05) is 40.0 Å². The largest absolute Gasteiger partial charge is 0.496 e. The molecule has 0 rings (SSSR count). The molecule has 0 amide bonds. The van der Waals surface area contributed by atoms with Crippen LogP contribution < -0.4 is 0 Å². The van der Waals surface area contributed by atoms with E-state index in [-0.39, 0.29) is 4.75 Å². The Kier molecular flexibility index (Phi) is 4.92. The summed E-state index contributed by atoms with van der Waals surface area (Å²) in [7, 11) is 1.64. The number of hydrogen-bond donors (Lipinski definition) is 0. The third-order valence-electron chi connectivity index (χ3n) is 1.25. The highest BCUT2D eigenvalue weighted by atomic mass is 32.2. The first kappa shape index (κ1) is 12.4. The van der Waals surface area contributed by atoms with E-state index in [1.807, 2.05) is 0 Å². The fourth-order valence-electron chi connectivity index (χ4n) is 0.807. The highest BCUT2D eigenvalue weighted by Gasteiger charge is 2.14. The fourth-order valence-corrected chi connectivity index (χ4v) is 1.82. The Labute approximate surface area is 85.6 Å². The predicted octanol–water partition coefficient (Wildman–Crippen LogP) is 3.75. The van der Waals surface area contributed by atoms with Crippen molar-refractivity contribution in [2.45, 2.75) is 25.5 Å². The van der Waals surface area contributed by atoms with Crippen LogP contribution in [0.1, 0.15) is 20.8 Å². The molecule has 0 spiro atoms. The van der Waals surface area contributed by atoms with E-state index in [0.29, 0.717) is 0 Å². The molecule has 0 aromatic carbocycles. The Bertz CT molecular complexity index is 221. The van der Waals surface area contributed by atoms with Crippen LogP contribution >= 0.6 is 11.8 Å². The molecule has 0 N–H and O–H groups in total. The predicted molar refractivity (Wildman–Crippen MR) is 61.8 cm³/mol. The Hall–Kier alpha value is -0.630. The second-order valence-corrected chi connectivity index (χ2v) is 5.42. The Morgan fingerprint density at radius 2 is 1.77 bits per heavy atom. The van der Waals surface area contributed by atoms with E-state index in [1.54, 1.807) is 31.0 Å². The van der Waals surface area contributed by atoms with E-state index < -0.39 is 0 Å². The van der Waals surface area contributed by atoms with Crippen LogP contribution in [0.15, 0.2) is 36.0 Å². The minimum Gasteiger partial charge on any atom is -0.496 e. The smallest absolute Gasteiger partial charge is 0.131 e. The molecular formula is C11H18OS. The summed E-state index contributed by atoms with van der Waals surface area (Å²) in [5, 5.41) is 0. The minimum atomic E-state index is 0.163. The van der Waals surface area contributed by atoms with Crippen LogP contribution in [0.3, 0.4) is 0 Å². The lowest BCUT2D eigenvalue weighted by atomic mass is 10.3. The lowest BCUT2D eigenvalue weighted by Gasteiger charge is -2.19. The topological polar surface area (TPSA) is 9.23 Å². The van der Waals surface area contributed by atoms with Crippen molar-refractivity contribution in [2.24, 2.45) is 0 Å². The lowest BCUT2D eigenvalue weighted by molar-refractivity contribution is 0.306. The zero-order chi connectivity index (χ0) is 10.5. The van der Waals surface area contributed by atoms with Crippen LogP contribution in [-0.2, 0) is 4.74 Å². The summed E-state index contributed by atoms with van der Waals surface area (Å²) in [6.07, 6.45) is 3.51. The summed E-state index contributed by atoms with van der Waals surface area (Å²) in [5.74, 6) is 0.787. The summed E-state index contributed by atoms with van der Waals surface area (Å²) >= 11 is 1.72. The Balaban J connectivity index is 4.77. The van der Waals surface area contributed by atoms with E-state index in [0.717, 1.165) is 10.7 Å². The molecular weight excluding hydrogens is 180 g/mol. The van der Waals surface area contributed by atoms with E-state index >= 15 is 0 Å². The molecule has 0 atom stereocenters. The molecule has 0 aliphatic heterocycles. The van der Waals surface area contributed by atoms with E-state index in [9.17, 15) is 0 Å². The first-order chi connectivity index (χ1) is 5.94. The molecule has 0 aliphatic rings. The second kappa shape index (κ2) is 5.18. The van der Waals surface area contributed by atoms with Gasteiger partial charge in [-0.05, 0) is 6.08 Å². The molecule has 0 radical (unpaired) electrons. The van der Waals surface area contributed by atoms with Gasteiger partial charge in [-0.25, -0.2) is 0 Å². The van der Waals surface area contributed by atoms with Gasteiger partial charge in [0, 0.05) is 9.65 Å². The first-order valence-corrected chi connectivity index (χ1v) is 4.98. The van der Waals surface area contributed by atoms with Crippen LogP contribution in [0, 0.1) is 0 Å². The SMILES string of the molecule is C=CC(OC)=C(C=C)SC(C)(C)C. The highest BCUT2D eigenvalue weighted by molar-refractivity contribution is 8.04. The van der Waals surface area contributed by atoms with Crippen molar-refractivity contribution in [1.29, 1.82) is 0 Å². The van der Waals surface area contributed by atoms with Crippen molar-refractivity contribution in [2.75, 3.05) is 7.11 Å². The lowest BCUT2D eigenvalue weighted by Crippen LogP contribution is -2.07. The number of thioether (sulfide) groups is 1. The molecule has 74 valence electrons. The van der Waals surface area contributed by atoms with Crippen molar-refractivity contribution in [1.82, 2.24) is 0 Å². The van der Waals surface area contributed by atoms with Gasteiger partial charge < -0.3 is 4.74 Å². The molecule has 1 nitrogen and oxygen atoms in total. The van der Waals surface area contributed by atoms with Gasteiger partial charge in [-0.3, -0.25) is 0 Å². The molecule has 0 aromatic rings. The van der Waals surface area contributed by atoms with Crippen LogP contribution in [0.25, 0.3) is 0 Å². The number of allylic oxidation sites excluding steroid dienone is 2. The molecule has 0 saturated carbocycles. The zero-order valence-corrected chi connectivity index (χ0v) is 9.70. The van der Waals surface area contributed by atoms with Gasteiger partial charge in [0.15, 0.2) is 0 Å². The summed E-state index contributed by atoms with van der Waals surface area (Å²) in [5.41, 5.74) is 0. The van der Waals surface area contributed by atoms with E-state index in [4.69, 9.17) is 4.74 Å². The quantitative estimate of drug-likeness (QED) is 0.502. The maximum Gasteiger partial charge on any atom is 0.131 e. The molecule has 0 unspecified atom stereocenters. The van der Waals surface area contributed by atoms with E-state index in [1.165, 1.54) is 0 Å². The maximum absolute atomic E-state index is 5.17. The van der Waals surface area contributed by atoms with Crippen molar-refractivity contribution in [3.05, 3.63) is 36.0 Å². The number of ether oxygens (including phenoxy) is 1. The van der Waals surface area contributed by atoms with Crippen LogP contribution in [0.2, 0.25) is 0 Å². The average Bonchev–Trinajstić information content (AvgIpc) is 2.02. The van der Waals surface area contributed by atoms with Crippen LogP contribution in [-0.4, -0.2) is 11.9 Å². The Morgan fingerprint density at radius 1 is 1.23 bits per heavy atom. The van der Waals surface area contributed by atoms with Crippen LogP contribution in [0.5, 0.6) is 0 Å². The van der Waals surface area contributed by atoms with E-state index in [2.05, 4.69) is 33.9 Å². The molecule has 2 heteroatoms. The summed E-state index contributed by atoms with van der Waals surface area (Å²) in [6, 6.07) is 0. The van der Waals surface area contributed by atoms with Crippen molar-refractivity contribution in [3.63, 3.8) is 0 Å². The van der Waals surface area contributed by atoms with Gasteiger partial charge >= 0.3 is 0 Å². The first-order valence-electron chi connectivity index (χ1n) is 4.16. The molecule has 0 saturated heterocycles. The van der Waals surface area contributed by atoms with Crippen molar-refractivity contribution >= 4 is 11.8 Å². The molecule has 0 aliphatic carbocycles. The summed E-state index contributed by atoms with van der Waals surface area (Å²) in [4.78, 5) is 1.03. The monoisotopic (exact) mass is 198 g/mol. The number of methoxy groups -OCH3 is 1. The molecule has 0 aromatic heterocycles. The number of rotatable bonds is 4. The third kappa shape index (κ3) is 4.83. The highest BCUT2D eigenvalue weighted by Crippen LogP contribution is 2.33. The van der Waals surface area contributed by atoms with Gasteiger partial charge in [0.25, 0.3) is 0 Å². The number of hydrogen-bond acceptors (Lipinski definition) is 2. The van der Waals surface area contributed by atoms with Crippen LogP contribution in [0.4, 0.5) is 0 Å². The molecule has 13 heavy (non-hydrogen) atoms. The van der Waals surface area contributed by atoms with Gasteiger partial charge in [0.05, 0.1) is 7.11 Å². The molecule has 0 fully saturated rings. The van der Waals surface area contributed by atoms with Crippen molar-refractivity contribution < 1.29 is 4.74 Å². The molecule has 0 bridgehead atoms. The maximum atomic E-state index is 5.17.